The monoisotopic (exact) mass is 262 g/mol. The third kappa shape index (κ3) is 2.07. The maximum atomic E-state index is 4.46. The first kappa shape index (κ1) is 10.3. The first-order valence-corrected chi connectivity index (χ1v) is 5.54. The van der Waals surface area contributed by atoms with Crippen LogP contribution in [0.15, 0.2) is 34.9 Å². The fourth-order valence-corrected chi connectivity index (χ4v) is 1.77. The Balaban J connectivity index is 2.56. The highest BCUT2D eigenvalue weighted by molar-refractivity contribution is 9.10. The van der Waals surface area contributed by atoms with Gasteiger partial charge in [0.25, 0.3) is 0 Å². The Hall–Kier alpha value is -1.22. The van der Waals surface area contributed by atoms with Gasteiger partial charge in [0, 0.05) is 16.8 Å². The zero-order chi connectivity index (χ0) is 10.8. The molecule has 0 aliphatic carbocycles. The van der Waals surface area contributed by atoms with Crippen molar-refractivity contribution in [2.24, 2.45) is 0 Å². The van der Waals surface area contributed by atoms with Crippen LogP contribution in [-0.2, 0) is 0 Å². The fourth-order valence-electron chi connectivity index (χ4n) is 1.31. The van der Waals surface area contributed by atoms with Gasteiger partial charge in [-0.15, -0.1) is 0 Å². The van der Waals surface area contributed by atoms with Crippen LogP contribution < -0.4 is 0 Å². The summed E-state index contributed by atoms with van der Waals surface area (Å²) in [5.41, 5.74) is 3.15. The second kappa shape index (κ2) is 4.11. The van der Waals surface area contributed by atoms with Gasteiger partial charge in [-0.1, -0.05) is 30.3 Å². The highest BCUT2D eigenvalue weighted by atomic mass is 79.9. The van der Waals surface area contributed by atoms with Crippen LogP contribution in [0.4, 0.5) is 0 Å². The molecule has 0 aliphatic heterocycles. The first-order valence-electron chi connectivity index (χ1n) is 4.74. The van der Waals surface area contributed by atoms with Crippen molar-refractivity contribution in [2.45, 2.75) is 13.8 Å². The predicted octanol–water partition coefficient (Wildman–Crippen LogP) is 3.52. The molecule has 0 amide bonds. The lowest BCUT2D eigenvalue weighted by Gasteiger charge is -2.05. The average Bonchev–Trinajstić information content (AvgIpc) is 2.26. The molecule has 3 heteroatoms. The van der Waals surface area contributed by atoms with Gasteiger partial charge in [-0.3, -0.25) is 0 Å². The molecule has 0 radical (unpaired) electrons. The minimum absolute atomic E-state index is 0.769. The molecule has 1 aromatic heterocycles. The van der Waals surface area contributed by atoms with Crippen LogP contribution in [0, 0.1) is 13.8 Å². The summed E-state index contributed by atoms with van der Waals surface area (Å²) in [6, 6.07) is 9.98. The zero-order valence-corrected chi connectivity index (χ0v) is 10.2. The number of benzene rings is 1. The molecule has 1 heterocycles. The highest BCUT2D eigenvalue weighted by Crippen LogP contribution is 2.21. The second-order valence-electron chi connectivity index (χ2n) is 3.41. The van der Waals surface area contributed by atoms with Crippen molar-refractivity contribution in [2.75, 3.05) is 0 Å². The van der Waals surface area contributed by atoms with E-state index >= 15 is 0 Å². The Morgan fingerprint density at radius 1 is 1.00 bits per heavy atom. The van der Waals surface area contributed by atoms with E-state index in [1.165, 1.54) is 0 Å². The number of hydrogen-bond donors (Lipinski definition) is 0. The van der Waals surface area contributed by atoms with Gasteiger partial charge in [0.15, 0.2) is 5.82 Å². The van der Waals surface area contributed by atoms with Crippen molar-refractivity contribution in [3.63, 3.8) is 0 Å². The number of aromatic nitrogens is 2. The lowest BCUT2D eigenvalue weighted by atomic mass is 10.2. The van der Waals surface area contributed by atoms with Crippen molar-refractivity contribution < 1.29 is 0 Å². The SMILES string of the molecule is Cc1nc(-c2ccccc2)nc(Br)c1C. The molecule has 0 bridgehead atoms. The fraction of sp³-hybridized carbons (Fsp3) is 0.167. The Labute approximate surface area is 97.5 Å². The molecule has 15 heavy (non-hydrogen) atoms. The average molecular weight is 263 g/mol. The molecule has 2 rings (SSSR count). The molecule has 0 N–H and O–H groups in total. The van der Waals surface area contributed by atoms with Crippen molar-refractivity contribution in [1.29, 1.82) is 0 Å². The number of hydrogen-bond acceptors (Lipinski definition) is 2. The number of aryl methyl sites for hydroxylation is 1. The van der Waals surface area contributed by atoms with Gasteiger partial charge < -0.3 is 0 Å². The Bertz CT molecular complexity index is 457. The highest BCUT2D eigenvalue weighted by Gasteiger charge is 2.06. The van der Waals surface area contributed by atoms with Crippen LogP contribution >= 0.6 is 15.9 Å². The Morgan fingerprint density at radius 2 is 1.67 bits per heavy atom. The van der Waals surface area contributed by atoms with Gasteiger partial charge in [0.1, 0.15) is 4.60 Å². The van der Waals surface area contributed by atoms with Crippen molar-refractivity contribution in [1.82, 2.24) is 9.97 Å². The van der Waals surface area contributed by atoms with Gasteiger partial charge in [-0.2, -0.15) is 0 Å². The van der Waals surface area contributed by atoms with E-state index in [9.17, 15) is 0 Å². The predicted molar refractivity (Wildman–Crippen MR) is 64.6 cm³/mol. The van der Waals surface area contributed by atoms with Crippen LogP contribution in [-0.4, -0.2) is 9.97 Å². The van der Waals surface area contributed by atoms with Gasteiger partial charge in [0.2, 0.25) is 0 Å². The van der Waals surface area contributed by atoms with E-state index in [1.54, 1.807) is 0 Å². The molecular formula is C12H11BrN2. The Kier molecular flexibility index (Phi) is 2.82. The molecule has 1 aromatic carbocycles. The molecule has 0 spiro atoms. The van der Waals surface area contributed by atoms with Gasteiger partial charge >= 0.3 is 0 Å². The van der Waals surface area contributed by atoms with Gasteiger partial charge in [-0.25, -0.2) is 9.97 Å². The van der Waals surface area contributed by atoms with Gasteiger partial charge in [-0.05, 0) is 29.8 Å². The molecular weight excluding hydrogens is 252 g/mol. The molecule has 0 unspecified atom stereocenters. The van der Waals surface area contributed by atoms with E-state index in [1.807, 2.05) is 44.2 Å². The molecule has 0 aliphatic rings. The number of nitrogens with zero attached hydrogens (tertiary/aromatic N) is 2. The molecule has 76 valence electrons. The lowest BCUT2D eigenvalue weighted by molar-refractivity contribution is 1.05. The normalized spacial score (nSPS) is 10.3. The molecule has 2 aromatic rings. The molecule has 0 fully saturated rings. The van der Waals surface area contributed by atoms with E-state index in [-0.39, 0.29) is 0 Å². The van der Waals surface area contributed by atoms with Crippen molar-refractivity contribution >= 4 is 15.9 Å². The summed E-state index contributed by atoms with van der Waals surface area (Å²) in [6.07, 6.45) is 0. The van der Waals surface area contributed by atoms with Gasteiger partial charge in [0.05, 0.1) is 0 Å². The summed E-state index contributed by atoms with van der Waals surface area (Å²) < 4.78 is 0.869. The van der Waals surface area contributed by atoms with Crippen LogP contribution in [0.25, 0.3) is 11.4 Å². The zero-order valence-electron chi connectivity index (χ0n) is 8.66. The third-order valence-electron chi connectivity index (χ3n) is 2.36. The van der Waals surface area contributed by atoms with Crippen molar-refractivity contribution in [3.8, 4) is 11.4 Å². The van der Waals surface area contributed by atoms with E-state index < -0.39 is 0 Å². The minimum Gasteiger partial charge on any atom is -0.233 e. The third-order valence-corrected chi connectivity index (χ3v) is 3.13. The molecule has 0 saturated carbocycles. The molecule has 0 atom stereocenters. The quantitative estimate of drug-likeness (QED) is 0.735. The minimum atomic E-state index is 0.769. The van der Waals surface area contributed by atoms with E-state index in [2.05, 4.69) is 25.9 Å². The second-order valence-corrected chi connectivity index (χ2v) is 4.17. The topological polar surface area (TPSA) is 25.8 Å². The maximum absolute atomic E-state index is 4.46. The number of rotatable bonds is 1. The maximum Gasteiger partial charge on any atom is 0.160 e. The summed E-state index contributed by atoms with van der Waals surface area (Å²) in [5, 5.41) is 0. The summed E-state index contributed by atoms with van der Waals surface area (Å²) >= 11 is 3.44. The molecule has 2 nitrogen and oxygen atoms in total. The van der Waals surface area contributed by atoms with Crippen LogP contribution in [0.2, 0.25) is 0 Å². The number of halogens is 1. The summed E-state index contributed by atoms with van der Waals surface area (Å²) in [6.45, 7) is 4.00. The lowest BCUT2D eigenvalue weighted by Crippen LogP contribution is -1.96. The van der Waals surface area contributed by atoms with E-state index in [0.29, 0.717) is 0 Å². The van der Waals surface area contributed by atoms with E-state index in [4.69, 9.17) is 0 Å². The van der Waals surface area contributed by atoms with Crippen molar-refractivity contribution in [3.05, 3.63) is 46.2 Å². The van der Waals surface area contributed by atoms with Crippen LogP contribution in [0.3, 0.4) is 0 Å². The summed E-state index contributed by atoms with van der Waals surface area (Å²) in [5.74, 6) is 0.769. The first-order chi connectivity index (χ1) is 7.18. The largest absolute Gasteiger partial charge is 0.233 e. The Morgan fingerprint density at radius 3 is 2.27 bits per heavy atom. The van der Waals surface area contributed by atoms with Crippen LogP contribution in [0.5, 0.6) is 0 Å². The standard InChI is InChI=1S/C12H11BrN2/c1-8-9(2)14-12(15-11(8)13)10-6-4-3-5-7-10/h3-7H,1-2H3. The van der Waals surface area contributed by atoms with E-state index in [0.717, 1.165) is 27.2 Å². The summed E-state index contributed by atoms with van der Waals surface area (Å²) in [7, 11) is 0. The molecule has 0 saturated heterocycles. The smallest absolute Gasteiger partial charge is 0.160 e. The summed E-state index contributed by atoms with van der Waals surface area (Å²) in [4.78, 5) is 8.87. The van der Waals surface area contributed by atoms with Crippen LogP contribution in [0.1, 0.15) is 11.3 Å².